The van der Waals surface area contributed by atoms with Crippen LogP contribution in [0.25, 0.3) is 0 Å². The van der Waals surface area contributed by atoms with Gasteiger partial charge in [0.15, 0.2) is 0 Å². The van der Waals surface area contributed by atoms with Gasteiger partial charge in [-0.3, -0.25) is 14.0 Å². The van der Waals surface area contributed by atoms with Crippen molar-refractivity contribution in [3.05, 3.63) is 88.5 Å². The first-order valence-corrected chi connectivity index (χ1v) is 16.5. The Morgan fingerprint density at radius 3 is 2.38 bits per heavy atom. The Morgan fingerprint density at radius 2 is 1.64 bits per heavy atom. The van der Waals surface area contributed by atoms with E-state index in [1.165, 1.54) is 5.56 Å². The largest absolute Gasteiger partial charge is 0.497 e. The molecule has 0 bridgehead atoms. The summed E-state index contributed by atoms with van der Waals surface area (Å²) in [6, 6.07) is 20.1. The third-order valence-electron chi connectivity index (χ3n) is 9.36. The molecule has 2 fully saturated rings. The summed E-state index contributed by atoms with van der Waals surface area (Å²) >= 11 is 0. The van der Waals surface area contributed by atoms with Gasteiger partial charge in [-0.05, 0) is 92.1 Å². The summed E-state index contributed by atoms with van der Waals surface area (Å²) in [7, 11) is -2.20. The maximum Gasteiger partial charge on any atom is 0.264 e. The number of aryl methyl sites for hydroxylation is 3. The number of hydrogen-bond acceptors (Lipinski definition) is 5. The molecule has 0 radical (unpaired) electrons. The van der Waals surface area contributed by atoms with Crippen molar-refractivity contribution < 1.29 is 17.9 Å². The van der Waals surface area contributed by atoms with Gasteiger partial charge in [0.1, 0.15) is 5.75 Å². The summed E-state index contributed by atoms with van der Waals surface area (Å²) in [6.07, 6.45) is 4.03. The van der Waals surface area contributed by atoms with Crippen molar-refractivity contribution in [2.75, 3.05) is 44.1 Å². The standard InChI is InChI=1S/C34H41N3O4S/c1-25-18-30(41-3)19-26(2)33(25)42(39,40)37-15-7-10-29-12-11-28(20-31(29)37)21-32(38)36-17-14-34(24-36)13-16-35(23-34)22-27-8-5-4-6-9-27/h4-6,8-9,11-12,18-20H,7,10,13-17,21-24H2,1-3H3. The summed E-state index contributed by atoms with van der Waals surface area (Å²) in [5.74, 6) is 0.773. The SMILES string of the molecule is COc1cc(C)c(S(=O)(=O)N2CCCc3ccc(CC(=O)N4CCC5(CCN(Cc6ccccc6)C5)C4)cc32)c(C)c1. The topological polar surface area (TPSA) is 70.2 Å². The fourth-order valence-corrected chi connectivity index (χ4v) is 9.21. The van der Waals surface area contributed by atoms with E-state index < -0.39 is 10.0 Å². The van der Waals surface area contributed by atoms with Crippen LogP contribution in [-0.2, 0) is 34.2 Å². The van der Waals surface area contributed by atoms with Gasteiger partial charge in [-0.15, -0.1) is 0 Å². The second kappa shape index (κ2) is 11.4. The Morgan fingerprint density at radius 1 is 0.905 bits per heavy atom. The average Bonchev–Trinajstić information content (AvgIpc) is 3.58. The molecule has 8 heteroatoms. The van der Waals surface area contributed by atoms with Crippen LogP contribution in [0.15, 0.2) is 65.6 Å². The van der Waals surface area contributed by atoms with Gasteiger partial charge in [0.05, 0.1) is 24.1 Å². The van der Waals surface area contributed by atoms with Crippen LogP contribution < -0.4 is 9.04 Å². The lowest BCUT2D eigenvalue weighted by atomic mass is 9.86. The van der Waals surface area contributed by atoms with E-state index in [4.69, 9.17) is 4.74 Å². The molecule has 0 N–H and O–H groups in total. The molecule has 0 saturated carbocycles. The third-order valence-corrected chi connectivity index (χ3v) is 11.5. The van der Waals surface area contributed by atoms with Crippen LogP contribution in [0.4, 0.5) is 5.69 Å². The molecule has 1 spiro atoms. The number of anilines is 1. The zero-order valence-electron chi connectivity index (χ0n) is 24.9. The fourth-order valence-electron chi connectivity index (χ4n) is 7.26. The maximum atomic E-state index is 14.0. The summed E-state index contributed by atoms with van der Waals surface area (Å²) < 4.78 is 35.0. The lowest BCUT2D eigenvalue weighted by molar-refractivity contribution is -0.129. The number of likely N-dealkylation sites (tertiary alicyclic amines) is 2. The highest BCUT2D eigenvalue weighted by molar-refractivity contribution is 7.93. The molecule has 3 aliphatic rings. The van der Waals surface area contributed by atoms with Crippen LogP contribution in [0.5, 0.6) is 5.75 Å². The van der Waals surface area contributed by atoms with E-state index in [0.29, 0.717) is 34.0 Å². The Balaban J connectivity index is 1.16. The van der Waals surface area contributed by atoms with Crippen molar-refractivity contribution in [2.45, 2.75) is 57.4 Å². The fraction of sp³-hybridized carbons (Fsp3) is 0.441. The predicted molar refractivity (Wildman–Crippen MR) is 165 cm³/mol. The number of amides is 1. The normalized spacial score (nSPS) is 20.7. The molecule has 3 aromatic rings. The minimum atomic E-state index is -3.79. The van der Waals surface area contributed by atoms with E-state index in [2.05, 4.69) is 35.2 Å². The van der Waals surface area contributed by atoms with Crippen molar-refractivity contribution in [1.82, 2.24) is 9.80 Å². The maximum absolute atomic E-state index is 14.0. The number of hydrogen-bond donors (Lipinski definition) is 0. The number of benzene rings is 3. The summed E-state index contributed by atoms with van der Waals surface area (Å²) in [5, 5.41) is 0. The minimum Gasteiger partial charge on any atom is -0.497 e. The monoisotopic (exact) mass is 587 g/mol. The molecule has 2 saturated heterocycles. The highest BCUT2D eigenvalue weighted by Gasteiger charge is 2.44. The first-order chi connectivity index (χ1) is 20.2. The van der Waals surface area contributed by atoms with Crippen LogP contribution >= 0.6 is 0 Å². The molecule has 3 heterocycles. The summed E-state index contributed by atoms with van der Waals surface area (Å²) in [4.78, 5) is 18.4. The number of sulfonamides is 1. The molecule has 1 unspecified atom stereocenters. The Kier molecular flexibility index (Phi) is 7.79. The molecular formula is C34H41N3O4S. The molecule has 42 heavy (non-hydrogen) atoms. The van der Waals surface area contributed by atoms with Crippen molar-refractivity contribution in [2.24, 2.45) is 5.41 Å². The first kappa shape index (κ1) is 28.7. The van der Waals surface area contributed by atoms with Gasteiger partial charge < -0.3 is 9.64 Å². The highest BCUT2D eigenvalue weighted by Crippen LogP contribution is 2.41. The Hall–Kier alpha value is -3.36. The Labute approximate surface area is 250 Å². The van der Waals surface area contributed by atoms with Crippen molar-refractivity contribution in [3.63, 3.8) is 0 Å². The molecular weight excluding hydrogens is 546 g/mol. The molecule has 1 atom stereocenters. The summed E-state index contributed by atoms with van der Waals surface area (Å²) in [5.41, 5.74) is 5.42. The molecule has 3 aromatic carbocycles. The van der Waals surface area contributed by atoms with Gasteiger partial charge in [-0.1, -0.05) is 42.5 Å². The van der Waals surface area contributed by atoms with Crippen molar-refractivity contribution in [3.8, 4) is 5.75 Å². The van der Waals surface area contributed by atoms with Crippen LogP contribution in [0.1, 0.15) is 47.1 Å². The second-order valence-electron chi connectivity index (χ2n) is 12.4. The average molecular weight is 588 g/mol. The quantitative estimate of drug-likeness (QED) is 0.384. The Bertz CT molecular complexity index is 1570. The van der Waals surface area contributed by atoms with E-state index in [9.17, 15) is 13.2 Å². The minimum absolute atomic E-state index is 0.125. The second-order valence-corrected chi connectivity index (χ2v) is 14.2. The highest BCUT2D eigenvalue weighted by atomic mass is 32.2. The van der Waals surface area contributed by atoms with Crippen LogP contribution in [0, 0.1) is 19.3 Å². The van der Waals surface area contributed by atoms with E-state index in [-0.39, 0.29) is 17.7 Å². The van der Waals surface area contributed by atoms with Gasteiger partial charge in [0.2, 0.25) is 5.91 Å². The van der Waals surface area contributed by atoms with E-state index in [1.54, 1.807) is 23.5 Å². The third kappa shape index (κ3) is 5.54. The van der Waals surface area contributed by atoms with E-state index >= 15 is 0 Å². The smallest absolute Gasteiger partial charge is 0.264 e. The zero-order chi connectivity index (χ0) is 29.5. The van der Waals surface area contributed by atoms with Gasteiger partial charge in [0, 0.05) is 38.1 Å². The first-order valence-electron chi connectivity index (χ1n) is 15.0. The van der Waals surface area contributed by atoms with Gasteiger partial charge >= 0.3 is 0 Å². The lowest BCUT2D eigenvalue weighted by Crippen LogP contribution is -2.36. The van der Waals surface area contributed by atoms with Crippen molar-refractivity contribution in [1.29, 1.82) is 0 Å². The van der Waals surface area contributed by atoms with Gasteiger partial charge in [-0.25, -0.2) is 8.42 Å². The van der Waals surface area contributed by atoms with Crippen LogP contribution in [0.2, 0.25) is 0 Å². The lowest BCUT2D eigenvalue weighted by Gasteiger charge is -2.32. The molecule has 0 aliphatic carbocycles. The zero-order valence-corrected chi connectivity index (χ0v) is 25.8. The van der Waals surface area contributed by atoms with Crippen molar-refractivity contribution >= 4 is 21.6 Å². The number of nitrogens with zero attached hydrogens (tertiary/aromatic N) is 3. The van der Waals surface area contributed by atoms with E-state index in [0.717, 1.165) is 69.5 Å². The number of methoxy groups -OCH3 is 1. The molecule has 3 aliphatic heterocycles. The molecule has 1 amide bonds. The van der Waals surface area contributed by atoms with E-state index in [1.807, 2.05) is 36.9 Å². The molecule has 0 aromatic heterocycles. The molecule has 222 valence electrons. The van der Waals surface area contributed by atoms with Crippen LogP contribution in [-0.4, -0.2) is 64.0 Å². The number of fused-ring (bicyclic) bond motifs is 1. The number of ether oxygens (including phenoxy) is 1. The number of rotatable bonds is 7. The van der Waals surface area contributed by atoms with Gasteiger partial charge in [0.25, 0.3) is 10.0 Å². The molecule has 6 rings (SSSR count). The van der Waals surface area contributed by atoms with Crippen LogP contribution in [0.3, 0.4) is 0 Å². The predicted octanol–water partition coefficient (Wildman–Crippen LogP) is 5.12. The summed E-state index contributed by atoms with van der Waals surface area (Å²) in [6.45, 7) is 8.71. The molecule has 7 nitrogen and oxygen atoms in total. The number of carbonyl (C=O) groups excluding carboxylic acids is 1. The van der Waals surface area contributed by atoms with Gasteiger partial charge in [-0.2, -0.15) is 0 Å². The number of carbonyl (C=O) groups is 1.